The van der Waals surface area contributed by atoms with Gasteiger partial charge < -0.3 is 24.5 Å². The van der Waals surface area contributed by atoms with Crippen molar-refractivity contribution in [3.8, 4) is 5.75 Å². The number of likely N-dealkylation sites (tertiary alicyclic amines) is 1. The number of hydrogen-bond acceptors (Lipinski definition) is 6. The van der Waals surface area contributed by atoms with Gasteiger partial charge in [-0.1, -0.05) is 49.8 Å². The normalized spacial score (nSPS) is 29.9. The maximum absolute atomic E-state index is 14.9. The number of hydrogen-bond donors (Lipinski definition) is 1. The second-order valence-corrected chi connectivity index (χ2v) is 15.0. The van der Waals surface area contributed by atoms with Gasteiger partial charge in [-0.25, -0.2) is 0 Å². The van der Waals surface area contributed by atoms with Crippen LogP contribution in [0.3, 0.4) is 0 Å². The molecule has 2 aromatic carbocycles. The monoisotopic (exact) mass is 649 g/mol. The van der Waals surface area contributed by atoms with Crippen LogP contribution >= 0.6 is 23.4 Å². The molecule has 6 rings (SSSR count). The van der Waals surface area contributed by atoms with Gasteiger partial charge in [0.05, 0.1) is 35.8 Å². The average molecular weight is 650 g/mol. The van der Waals surface area contributed by atoms with Crippen molar-refractivity contribution in [1.82, 2.24) is 4.90 Å². The first kappa shape index (κ1) is 31.7. The van der Waals surface area contributed by atoms with Gasteiger partial charge in [-0.3, -0.25) is 14.4 Å². The number of carbonyl (C=O) groups excluding carboxylic acids is 3. The van der Waals surface area contributed by atoms with E-state index in [-0.39, 0.29) is 30.2 Å². The minimum Gasteiger partial charge on any atom is -0.494 e. The van der Waals surface area contributed by atoms with Crippen LogP contribution < -0.4 is 14.5 Å². The summed E-state index contributed by atoms with van der Waals surface area (Å²) in [5, 5.41) is 11.2. The van der Waals surface area contributed by atoms with E-state index in [1.54, 1.807) is 39.0 Å². The molecule has 4 aliphatic heterocycles. The van der Waals surface area contributed by atoms with Gasteiger partial charge in [0.25, 0.3) is 5.91 Å². The predicted octanol–water partition coefficient (Wildman–Crippen LogP) is 5.34. The van der Waals surface area contributed by atoms with E-state index in [9.17, 15) is 19.5 Å². The fourth-order valence-electron chi connectivity index (χ4n) is 7.65. The Labute approximate surface area is 274 Å². The van der Waals surface area contributed by atoms with Gasteiger partial charge in [0.1, 0.15) is 11.8 Å². The molecule has 0 aliphatic carbocycles. The molecule has 2 fully saturated rings. The van der Waals surface area contributed by atoms with E-state index < -0.39 is 33.4 Å². The van der Waals surface area contributed by atoms with Crippen LogP contribution in [0.25, 0.3) is 0 Å². The Morgan fingerprint density at radius 3 is 2.11 bits per heavy atom. The maximum atomic E-state index is 14.9. The van der Waals surface area contributed by atoms with Gasteiger partial charge in [0.2, 0.25) is 11.8 Å². The Morgan fingerprint density at radius 2 is 1.51 bits per heavy atom. The lowest BCUT2D eigenvalue weighted by Crippen LogP contribution is -2.57. The van der Waals surface area contributed by atoms with Gasteiger partial charge in [-0.05, 0) is 74.7 Å². The summed E-state index contributed by atoms with van der Waals surface area (Å²) >= 11 is 7.71. The average Bonchev–Trinajstić information content (AvgIpc) is 3.28. The van der Waals surface area contributed by atoms with Crippen LogP contribution in [0.2, 0.25) is 5.02 Å². The summed E-state index contributed by atoms with van der Waals surface area (Å²) in [6.45, 7) is 8.95. The standard InChI is InChI=1S/C35H40ClN3O5S/c1-5-44-27-14-12-25(13-15-27)37-18-6-16-34(4)28(31(37)41)29-32(42)39(26(21-40)20-22(2)3)30-33(43)38(19-7-17-35(29,30)45-34)24-10-8-23(36)9-11-24/h6-17,22,26,28-30,40H,5,18-21H2,1-4H3/t26-,28-,29+,30?,34+,35+/m1/s1. The van der Waals surface area contributed by atoms with Crippen molar-refractivity contribution in [3.05, 3.63) is 77.9 Å². The molecule has 0 aromatic heterocycles. The molecular formula is C35H40ClN3O5S. The number of nitrogens with zero attached hydrogens (tertiary/aromatic N) is 3. The zero-order chi connectivity index (χ0) is 32.1. The Balaban J connectivity index is 1.46. The Morgan fingerprint density at radius 1 is 0.911 bits per heavy atom. The molecule has 6 atom stereocenters. The zero-order valence-corrected chi connectivity index (χ0v) is 27.6. The predicted molar refractivity (Wildman–Crippen MR) is 179 cm³/mol. The number of ether oxygens (including phenoxy) is 1. The molecule has 0 bridgehead atoms. The van der Waals surface area contributed by atoms with Gasteiger partial charge in [-0.15, -0.1) is 11.8 Å². The Kier molecular flexibility index (Phi) is 8.56. The number of thioether (sulfide) groups is 1. The Hall–Kier alpha value is -3.27. The maximum Gasteiger partial charge on any atom is 0.251 e. The zero-order valence-electron chi connectivity index (χ0n) is 26.1. The quantitative estimate of drug-likeness (QED) is 0.389. The third-order valence-corrected chi connectivity index (χ3v) is 11.5. The summed E-state index contributed by atoms with van der Waals surface area (Å²) in [6.07, 6.45) is 8.53. The number of anilines is 2. The van der Waals surface area contributed by atoms with Gasteiger partial charge >= 0.3 is 0 Å². The fourth-order valence-corrected chi connectivity index (χ4v) is 9.92. The van der Waals surface area contributed by atoms with Gasteiger partial charge in [-0.2, -0.15) is 0 Å². The SMILES string of the molecule is CCOc1ccc(N2CC=C[C@]3(C)S[C@]45C=CCN(c6ccc(Cl)cc6)C(=O)C4N([C@@H](CO)CC(C)C)C(=O)[C@@H]5[C@@H]3C2=O)cc1. The highest BCUT2D eigenvalue weighted by molar-refractivity contribution is 8.02. The second kappa shape index (κ2) is 12.2. The first-order valence-corrected chi connectivity index (χ1v) is 16.8. The number of benzene rings is 2. The largest absolute Gasteiger partial charge is 0.494 e. The van der Waals surface area contributed by atoms with Crippen LogP contribution in [0.15, 0.2) is 72.8 Å². The smallest absolute Gasteiger partial charge is 0.251 e. The van der Waals surface area contributed by atoms with Crippen molar-refractivity contribution in [2.24, 2.45) is 17.8 Å². The summed E-state index contributed by atoms with van der Waals surface area (Å²) in [6, 6.07) is 13.0. The topological polar surface area (TPSA) is 90.4 Å². The van der Waals surface area contributed by atoms with E-state index in [1.807, 2.05) is 76.3 Å². The molecule has 8 nitrogen and oxygen atoms in total. The van der Waals surface area contributed by atoms with Crippen LogP contribution in [-0.4, -0.2) is 75.6 Å². The molecule has 1 spiro atoms. The lowest BCUT2D eigenvalue weighted by molar-refractivity contribution is -0.142. The van der Waals surface area contributed by atoms with E-state index in [0.717, 1.165) is 11.4 Å². The molecule has 4 heterocycles. The van der Waals surface area contributed by atoms with Crippen LogP contribution in [0.1, 0.15) is 34.1 Å². The molecule has 4 aliphatic rings. The highest BCUT2D eigenvalue weighted by atomic mass is 35.5. The number of halogens is 1. The van der Waals surface area contributed by atoms with Crippen molar-refractivity contribution in [1.29, 1.82) is 0 Å². The highest BCUT2D eigenvalue weighted by Crippen LogP contribution is 2.66. The molecule has 0 saturated carbocycles. The molecule has 45 heavy (non-hydrogen) atoms. The second-order valence-electron chi connectivity index (χ2n) is 12.8. The fraction of sp³-hybridized carbons (Fsp3) is 0.457. The van der Waals surface area contributed by atoms with Crippen molar-refractivity contribution in [3.63, 3.8) is 0 Å². The van der Waals surface area contributed by atoms with Gasteiger partial charge in [0, 0.05) is 34.2 Å². The van der Waals surface area contributed by atoms with E-state index in [1.165, 1.54) is 11.8 Å². The van der Waals surface area contributed by atoms with E-state index in [4.69, 9.17) is 16.3 Å². The van der Waals surface area contributed by atoms with Crippen molar-refractivity contribution >= 4 is 52.5 Å². The molecule has 3 amide bonds. The summed E-state index contributed by atoms with van der Waals surface area (Å²) in [4.78, 5) is 49.4. The third-order valence-electron chi connectivity index (χ3n) is 9.44. The third kappa shape index (κ3) is 5.26. The van der Waals surface area contributed by atoms with E-state index >= 15 is 0 Å². The lowest BCUT2D eigenvalue weighted by Gasteiger charge is -2.40. The molecule has 2 saturated heterocycles. The number of aliphatic hydroxyl groups is 1. The summed E-state index contributed by atoms with van der Waals surface area (Å²) in [5.41, 5.74) is 1.39. The van der Waals surface area contributed by atoms with Crippen molar-refractivity contribution < 1.29 is 24.2 Å². The van der Waals surface area contributed by atoms with E-state index in [2.05, 4.69) is 0 Å². The van der Waals surface area contributed by atoms with E-state index in [0.29, 0.717) is 36.8 Å². The molecule has 10 heteroatoms. The number of fused-ring (bicyclic) bond motifs is 2. The van der Waals surface area contributed by atoms with Crippen LogP contribution in [0, 0.1) is 17.8 Å². The van der Waals surface area contributed by atoms with Crippen molar-refractivity contribution in [2.75, 3.05) is 36.1 Å². The number of aliphatic hydroxyl groups excluding tert-OH is 1. The molecule has 238 valence electrons. The van der Waals surface area contributed by atoms with Crippen LogP contribution in [-0.2, 0) is 14.4 Å². The lowest BCUT2D eigenvalue weighted by atomic mass is 9.74. The van der Waals surface area contributed by atoms with Crippen molar-refractivity contribution in [2.45, 2.75) is 55.7 Å². The summed E-state index contributed by atoms with van der Waals surface area (Å²) in [5.74, 6) is -1.28. The first-order chi connectivity index (χ1) is 21.5. The molecule has 0 radical (unpaired) electrons. The highest BCUT2D eigenvalue weighted by Gasteiger charge is 2.74. The van der Waals surface area contributed by atoms with Crippen LogP contribution in [0.5, 0.6) is 5.75 Å². The Bertz CT molecular complexity index is 1530. The molecule has 1 unspecified atom stereocenters. The van der Waals surface area contributed by atoms with Crippen LogP contribution in [0.4, 0.5) is 11.4 Å². The summed E-state index contributed by atoms with van der Waals surface area (Å²) in [7, 11) is 0. The minimum absolute atomic E-state index is 0.154. The number of carbonyl (C=O) groups is 3. The van der Waals surface area contributed by atoms with Gasteiger partial charge in [0.15, 0.2) is 0 Å². The number of rotatable bonds is 8. The molecular weight excluding hydrogens is 610 g/mol. The molecule has 2 aromatic rings. The first-order valence-electron chi connectivity index (χ1n) is 15.6. The minimum atomic E-state index is -1.01. The number of amides is 3. The summed E-state index contributed by atoms with van der Waals surface area (Å²) < 4.78 is 3.86. The molecule has 1 N–H and O–H groups in total.